The predicted molar refractivity (Wildman–Crippen MR) is 182 cm³/mol. The summed E-state index contributed by atoms with van der Waals surface area (Å²) in [5.74, 6) is 1.34. The lowest BCUT2D eigenvalue weighted by Gasteiger charge is -2.30. The Balaban J connectivity index is -0.000000623. The number of nitrogens with one attached hydrogen (secondary N) is 2. The van der Waals surface area contributed by atoms with Crippen LogP contribution in [0.5, 0.6) is 5.75 Å². The summed E-state index contributed by atoms with van der Waals surface area (Å²) >= 11 is 0. The van der Waals surface area contributed by atoms with E-state index >= 15 is 0 Å². The number of benzene rings is 2. The summed E-state index contributed by atoms with van der Waals surface area (Å²) in [6.45, 7) is 3.67. The fourth-order valence-corrected chi connectivity index (χ4v) is 5.91. The first-order valence-corrected chi connectivity index (χ1v) is 14.5. The molecule has 0 bridgehead atoms. The van der Waals surface area contributed by atoms with E-state index in [1.54, 1.807) is 30.3 Å². The molecule has 0 saturated carbocycles. The monoisotopic (exact) mass is 635 g/mol. The molecule has 1 aromatic heterocycles. The lowest BCUT2D eigenvalue weighted by atomic mass is 10.1. The van der Waals surface area contributed by atoms with Gasteiger partial charge in [-0.15, -0.1) is 12.4 Å². The number of sulfonamides is 1. The van der Waals surface area contributed by atoms with Crippen LogP contribution in [0.25, 0.3) is 0 Å². The van der Waals surface area contributed by atoms with Crippen molar-refractivity contribution in [1.82, 2.24) is 39.6 Å². The average molecular weight is 636 g/mol. The largest absolute Gasteiger partial charge is 0.506 e. The zero-order valence-electron chi connectivity index (χ0n) is 24.0. The highest BCUT2D eigenvalue weighted by Gasteiger charge is 2.21. The highest BCUT2D eigenvalue weighted by atomic mass is 35.5. The van der Waals surface area contributed by atoms with Crippen molar-refractivity contribution in [2.45, 2.75) is 44.3 Å². The van der Waals surface area contributed by atoms with Crippen LogP contribution in [0.2, 0.25) is 0 Å². The Bertz CT molecular complexity index is 1310. The average Bonchev–Trinajstić information content (AvgIpc) is 2.91. The zero-order chi connectivity index (χ0) is 25.7. The van der Waals surface area contributed by atoms with Gasteiger partial charge in [-0.3, -0.25) is 4.72 Å². The summed E-state index contributed by atoms with van der Waals surface area (Å²) in [4.78, 5) is 18.5. The number of phenolic OH excluding ortho intramolecular Hbond substituents is 1. The summed E-state index contributed by atoms with van der Waals surface area (Å²) < 4.78 is 27.7. The first-order chi connectivity index (χ1) is 17.9. The van der Waals surface area contributed by atoms with Crippen LogP contribution in [0.3, 0.4) is 0 Å². The number of anilines is 5. The van der Waals surface area contributed by atoms with Crippen LogP contribution in [0.15, 0.2) is 48.5 Å². The maximum atomic E-state index is 12.6. The van der Waals surface area contributed by atoms with Gasteiger partial charge in [0.25, 0.3) is 0 Å². The molecule has 2 aliphatic rings. The summed E-state index contributed by atoms with van der Waals surface area (Å²) in [7, 11) is -3.69. The van der Waals surface area contributed by atoms with Gasteiger partial charge in [0, 0.05) is 43.6 Å². The normalized spacial score (nSPS) is 14.5. The van der Waals surface area contributed by atoms with Gasteiger partial charge in [0.2, 0.25) is 27.9 Å². The van der Waals surface area contributed by atoms with E-state index in [1.165, 1.54) is 25.0 Å². The molecule has 244 valence electrons. The van der Waals surface area contributed by atoms with Crippen molar-refractivity contribution in [3.05, 3.63) is 54.1 Å². The molecule has 2 saturated heterocycles. The van der Waals surface area contributed by atoms with Crippen LogP contribution in [0, 0.1) is 0 Å². The number of rotatable bonds is 8. The van der Waals surface area contributed by atoms with Gasteiger partial charge in [-0.05, 0) is 56.2 Å². The smallest absolute Gasteiger partial charge is 0.237 e. The van der Waals surface area contributed by atoms with Gasteiger partial charge in [0.15, 0.2) is 0 Å². The second kappa shape index (κ2) is 17.5. The maximum Gasteiger partial charge on any atom is 0.237 e. The molecule has 0 radical (unpaired) electrons. The van der Waals surface area contributed by atoms with Crippen LogP contribution in [-0.2, 0) is 15.8 Å². The Morgan fingerprint density at radius 3 is 1.79 bits per heavy atom. The van der Waals surface area contributed by atoms with Crippen LogP contribution in [0.4, 0.5) is 29.2 Å². The Kier molecular flexibility index (Phi) is 16.0. The third-order valence-corrected chi connectivity index (χ3v) is 7.85. The molecular formula is C26H54ClN11O3S. The highest BCUT2D eigenvalue weighted by molar-refractivity contribution is 7.91. The molecule has 2 aromatic carbocycles. The Morgan fingerprint density at radius 2 is 1.29 bits per heavy atom. The summed E-state index contributed by atoms with van der Waals surface area (Å²) in [6, 6.07) is 13.6. The van der Waals surface area contributed by atoms with Gasteiger partial charge < -0.3 is 44.8 Å². The molecule has 0 unspecified atom stereocenters. The SMILES string of the molecule is Cl.N.N.N.N.O=S(=O)(Cc1ccccc1)Nc1ccc(Nc2nc(N3CCCCC3)nc(N3CCCCC3)n2)cc1O.[HH].[HH].[HH].[HH]. The van der Waals surface area contributed by atoms with Gasteiger partial charge in [0.1, 0.15) is 5.75 Å². The Labute approximate surface area is 260 Å². The second-order valence-electron chi connectivity index (χ2n) is 9.56. The fraction of sp³-hybridized carbons (Fsp3) is 0.423. The van der Waals surface area contributed by atoms with E-state index in [9.17, 15) is 13.5 Å². The van der Waals surface area contributed by atoms with Crippen LogP contribution >= 0.6 is 12.4 Å². The van der Waals surface area contributed by atoms with E-state index in [0.717, 1.165) is 51.9 Å². The van der Waals surface area contributed by atoms with E-state index in [1.807, 2.05) is 6.07 Å². The summed E-state index contributed by atoms with van der Waals surface area (Å²) in [5.41, 5.74) is 1.32. The molecule has 3 aromatic rings. The summed E-state index contributed by atoms with van der Waals surface area (Å²) in [5, 5.41) is 13.8. The van der Waals surface area contributed by atoms with Gasteiger partial charge in [-0.25, -0.2) is 8.42 Å². The van der Waals surface area contributed by atoms with Gasteiger partial charge in [0.05, 0.1) is 11.4 Å². The quantitative estimate of drug-likeness (QED) is 0.134. The molecule has 0 aliphatic carbocycles. The van der Waals surface area contributed by atoms with Crippen molar-refractivity contribution in [1.29, 1.82) is 0 Å². The number of piperidine rings is 2. The molecule has 5 rings (SSSR count). The van der Waals surface area contributed by atoms with Crippen molar-refractivity contribution in [3.8, 4) is 5.75 Å². The predicted octanol–water partition coefficient (Wildman–Crippen LogP) is 6.30. The first kappa shape index (κ1) is 38.5. The number of hydrogen-bond donors (Lipinski definition) is 7. The standard InChI is InChI=1S/C26H33N7O3S.ClH.4H3N.4H2/c34-23-18-21(12-13-22(23)31-37(35,36)19-20-10-4-1-5-11-20)27-24-28-25(32-14-6-2-7-15-32)30-26(29-24)33-16-8-3-9-17-33;;;;;;;;;/h1,4-5,10-13,18,31,34H,2-3,6-9,14-17,19H2,(H,27,28,29,30);1H;4*1H3;4*1H. The van der Waals surface area contributed by atoms with E-state index in [2.05, 4.69) is 29.8 Å². The molecule has 0 atom stereocenters. The third kappa shape index (κ3) is 10.1. The Hall–Kier alpha value is -3.47. The molecule has 0 spiro atoms. The number of halogens is 1. The topological polar surface area (TPSA) is 264 Å². The lowest BCUT2D eigenvalue weighted by molar-refractivity contribution is 0.478. The maximum absolute atomic E-state index is 12.6. The number of nitrogens with zero attached hydrogens (tertiary/aromatic N) is 5. The highest BCUT2D eigenvalue weighted by Crippen LogP contribution is 2.30. The molecule has 3 heterocycles. The number of aromatic nitrogens is 3. The fourth-order valence-electron chi connectivity index (χ4n) is 4.70. The molecule has 0 amide bonds. The number of hydrogen-bond acceptors (Lipinski definition) is 13. The zero-order valence-corrected chi connectivity index (χ0v) is 25.7. The molecule has 2 fully saturated rings. The molecule has 42 heavy (non-hydrogen) atoms. The van der Waals surface area contributed by atoms with Crippen molar-refractivity contribution in [3.63, 3.8) is 0 Å². The minimum Gasteiger partial charge on any atom is -0.506 e. The van der Waals surface area contributed by atoms with Crippen molar-refractivity contribution in [2.75, 3.05) is 46.0 Å². The minimum absolute atomic E-state index is 0. The number of phenols is 1. The van der Waals surface area contributed by atoms with Crippen LogP contribution in [0.1, 0.15) is 49.8 Å². The lowest BCUT2D eigenvalue weighted by Crippen LogP contribution is -2.34. The van der Waals surface area contributed by atoms with E-state index in [4.69, 9.17) is 4.98 Å². The van der Waals surface area contributed by atoms with Crippen LogP contribution < -0.4 is 44.4 Å². The summed E-state index contributed by atoms with van der Waals surface area (Å²) in [6.07, 6.45) is 6.89. The van der Waals surface area contributed by atoms with E-state index < -0.39 is 10.0 Å². The first-order valence-electron chi connectivity index (χ1n) is 12.9. The van der Waals surface area contributed by atoms with E-state index in [0.29, 0.717) is 29.1 Å². The Morgan fingerprint density at radius 1 is 0.762 bits per heavy atom. The van der Waals surface area contributed by atoms with Gasteiger partial charge in [-0.1, -0.05) is 30.3 Å². The molecule has 2 aliphatic heterocycles. The molecular weight excluding hydrogens is 582 g/mol. The van der Waals surface area contributed by atoms with Crippen molar-refractivity contribution < 1.29 is 19.2 Å². The minimum atomic E-state index is -3.69. The van der Waals surface area contributed by atoms with Gasteiger partial charge in [-0.2, -0.15) is 15.0 Å². The van der Waals surface area contributed by atoms with E-state index in [-0.39, 0.29) is 59.9 Å². The van der Waals surface area contributed by atoms with Crippen LogP contribution in [-0.4, -0.2) is 54.7 Å². The molecule has 16 heteroatoms. The molecule has 15 N–H and O–H groups in total. The number of aromatic hydroxyl groups is 1. The van der Waals surface area contributed by atoms with Crippen molar-refractivity contribution in [2.24, 2.45) is 0 Å². The molecule has 14 nitrogen and oxygen atoms in total. The van der Waals surface area contributed by atoms with Gasteiger partial charge >= 0.3 is 0 Å². The third-order valence-electron chi connectivity index (χ3n) is 6.61. The second-order valence-corrected chi connectivity index (χ2v) is 11.3. The van der Waals surface area contributed by atoms with Crippen molar-refractivity contribution >= 4 is 51.7 Å².